The van der Waals surface area contributed by atoms with Gasteiger partial charge in [-0.15, -0.1) is 0 Å². The highest BCUT2D eigenvalue weighted by atomic mass is 16.6. The average Bonchev–Trinajstić information content (AvgIpc) is 2.92. The van der Waals surface area contributed by atoms with Crippen molar-refractivity contribution in [2.45, 2.75) is 62.8 Å². The van der Waals surface area contributed by atoms with Crippen molar-refractivity contribution in [3.05, 3.63) is 33.1 Å². The number of aromatic nitrogens is 2. The number of carboxylic acids is 1. The van der Waals surface area contributed by atoms with Gasteiger partial charge in [0.25, 0.3) is 5.56 Å². The fourth-order valence-corrected chi connectivity index (χ4v) is 2.92. The van der Waals surface area contributed by atoms with Crippen LogP contribution in [-0.4, -0.2) is 67.1 Å². The summed E-state index contributed by atoms with van der Waals surface area (Å²) in [6.45, 7) is 1.91. The summed E-state index contributed by atoms with van der Waals surface area (Å²) in [7, 11) is 0. The maximum absolute atomic E-state index is 12.2. The summed E-state index contributed by atoms with van der Waals surface area (Å²) in [5, 5.41) is 32.1. The number of ether oxygens (including phenoxy) is 1. The molecule has 1 aromatic heterocycles. The van der Waals surface area contributed by atoms with Crippen LogP contribution in [0.2, 0.25) is 0 Å². The van der Waals surface area contributed by atoms with Crippen LogP contribution in [0.1, 0.15) is 32.4 Å². The molecule has 6 atom stereocenters. The van der Waals surface area contributed by atoms with Crippen molar-refractivity contribution in [1.29, 1.82) is 0 Å². The number of aromatic amines is 1. The molecular formula is C16H24N4O8. The summed E-state index contributed by atoms with van der Waals surface area (Å²) in [4.78, 5) is 48.8. The number of carboxylic acid groups (broad SMARTS) is 1. The Hall–Kier alpha value is -2.54. The molecule has 0 bridgehead atoms. The van der Waals surface area contributed by atoms with Crippen molar-refractivity contribution >= 4 is 11.9 Å². The van der Waals surface area contributed by atoms with E-state index in [0.29, 0.717) is 12.8 Å². The van der Waals surface area contributed by atoms with E-state index in [4.69, 9.17) is 10.5 Å². The third kappa shape index (κ3) is 4.65. The SMILES string of the molecule is CCCCC(N)C(=O)NC(C(=O)O)C1OC(n2ccc(=O)[nH]c2=O)C(O)C1O. The Morgan fingerprint density at radius 3 is 2.61 bits per heavy atom. The van der Waals surface area contributed by atoms with Crippen molar-refractivity contribution in [2.24, 2.45) is 5.73 Å². The van der Waals surface area contributed by atoms with Crippen LogP contribution in [0, 0.1) is 0 Å². The zero-order valence-electron chi connectivity index (χ0n) is 15.1. The fourth-order valence-electron chi connectivity index (χ4n) is 2.92. The van der Waals surface area contributed by atoms with Gasteiger partial charge in [0.05, 0.1) is 6.04 Å². The molecule has 0 spiro atoms. The van der Waals surface area contributed by atoms with Crippen molar-refractivity contribution in [2.75, 3.05) is 0 Å². The van der Waals surface area contributed by atoms with Crippen LogP contribution in [0.4, 0.5) is 0 Å². The minimum atomic E-state index is -1.72. The van der Waals surface area contributed by atoms with E-state index in [-0.39, 0.29) is 0 Å². The normalized spacial score (nSPS) is 26.6. The standard InChI is InChI=1S/C16H24N4O8/c1-2-3-4-7(17)13(24)19-9(15(25)26)12-10(22)11(23)14(28-12)20-6-5-8(21)18-16(20)27/h5-7,9-12,14,22-23H,2-4,17H2,1H3,(H,19,24)(H,25,26)(H,18,21,27). The van der Waals surface area contributed by atoms with E-state index < -0.39 is 59.7 Å². The lowest BCUT2D eigenvalue weighted by molar-refractivity contribution is -0.149. The van der Waals surface area contributed by atoms with Crippen molar-refractivity contribution in [1.82, 2.24) is 14.9 Å². The number of carbonyl (C=O) groups is 2. The fraction of sp³-hybridized carbons (Fsp3) is 0.625. The number of amides is 1. The van der Waals surface area contributed by atoms with Crippen LogP contribution >= 0.6 is 0 Å². The Morgan fingerprint density at radius 2 is 2.04 bits per heavy atom. The van der Waals surface area contributed by atoms with Gasteiger partial charge in [0.1, 0.15) is 18.3 Å². The number of carbonyl (C=O) groups excluding carboxylic acids is 1. The molecule has 0 radical (unpaired) electrons. The Morgan fingerprint density at radius 1 is 1.36 bits per heavy atom. The molecule has 0 saturated carbocycles. The number of unbranched alkanes of at least 4 members (excludes halogenated alkanes) is 1. The molecule has 1 fully saturated rings. The lowest BCUT2D eigenvalue weighted by Crippen LogP contribution is -2.56. The molecule has 2 rings (SSSR count). The molecule has 1 amide bonds. The number of rotatable bonds is 8. The molecule has 12 heteroatoms. The molecule has 0 aromatic carbocycles. The van der Waals surface area contributed by atoms with Gasteiger partial charge in [0.15, 0.2) is 12.3 Å². The van der Waals surface area contributed by atoms with Gasteiger partial charge in [-0.25, -0.2) is 9.59 Å². The Kier molecular flexibility index (Phi) is 7.07. The lowest BCUT2D eigenvalue weighted by atomic mass is 10.0. The molecule has 1 saturated heterocycles. The molecule has 156 valence electrons. The van der Waals surface area contributed by atoms with E-state index in [9.17, 15) is 34.5 Å². The van der Waals surface area contributed by atoms with E-state index in [2.05, 4.69) is 5.32 Å². The molecular weight excluding hydrogens is 376 g/mol. The zero-order valence-corrected chi connectivity index (χ0v) is 15.1. The van der Waals surface area contributed by atoms with Crippen molar-refractivity contribution in [3.8, 4) is 0 Å². The highest BCUT2D eigenvalue weighted by molar-refractivity contribution is 5.87. The molecule has 28 heavy (non-hydrogen) atoms. The number of aliphatic carboxylic acids is 1. The summed E-state index contributed by atoms with van der Waals surface area (Å²) in [6, 6.07) is -1.66. The smallest absolute Gasteiger partial charge is 0.330 e. The number of hydrogen-bond donors (Lipinski definition) is 6. The third-order valence-corrected chi connectivity index (χ3v) is 4.50. The molecule has 1 aliphatic rings. The summed E-state index contributed by atoms with van der Waals surface area (Å²) >= 11 is 0. The minimum Gasteiger partial charge on any atom is -0.480 e. The van der Waals surface area contributed by atoms with Crippen molar-refractivity contribution in [3.63, 3.8) is 0 Å². The Bertz CT molecular complexity index is 821. The highest BCUT2D eigenvalue weighted by Gasteiger charge is 2.50. The van der Waals surface area contributed by atoms with Gasteiger partial charge < -0.3 is 31.1 Å². The van der Waals surface area contributed by atoms with Crippen LogP contribution in [0.3, 0.4) is 0 Å². The van der Waals surface area contributed by atoms with Gasteiger partial charge in [-0.2, -0.15) is 0 Å². The summed E-state index contributed by atoms with van der Waals surface area (Å²) < 4.78 is 6.19. The molecule has 1 aromatic rings. The number of nitrogens with two attached hydrogens (primary N) is 1. The maximum Gasteiger partial charge on any atom is 0.330 e. The number of nitrogens with zero attached hydrogens (tertiary/aromatic N) is 1. The largest absolute Gasteiger partial charge is 0.480 e. The maximum atomic E-state index is 12.2. The van der Waals surface area contributed by atoms with E-state index in [1.54, 1.807) is 0 Å². The second-order valence-corrected chi connectivity index (χ2v) is 6.56. The first kappa shape index (κ1) is 21.8. The van der Waals surface area contributed by atoms with E-state index in [0.717, 1.165) is 23.3 Å². The number of nitrogens with one attached hydrogen (secondary N) is 2. The number of aliphatic hydroxyl groups is 2. The van der Waals surface area contributed by atoms with Crippen LogP contribution in [0.15, 0.2) is 21.9 Å². The van der Waals surface area contributed by atoms with Gasteiger partial charge >= 0.3 is 11.7 Å². The second-order valence-electron chi connectivity index (χ2n) is 6.56. The average molecular weight is 400 g/mol. The third-order valence-electron chi connectivity index (χ3n) is 4.50. The first-order valence-electron chi connectivity index (χ1n) is 8.79. The lowest BCUT2D eigenvalue weighted by Gasteiger charge is -2.24. The topological polar surface area (TPSA) is 197 Å². The quantitative estimate of drug-likeness (QED) is 0.268. The summed E-state index contributed by atoms with van der Waals surface area (Å²) in [5.41, 5.74) is 4.13. The summed E-state index contributed by atoms with van der Waals surface area (Å²) in [5.74, 6) is -2.25. The van der Waals surface area contributed by atoms with Gasteiger partial charge in [-0.1, -0.05) is 19.8 Å². The van der Waals surface area contributed by atoms with Crippen LogP contribution in [0.5, 0.6) is 0 Å². The predicted molar refractivity (Wildman–Crippen MR) is 94.3 cm³/mol. The molecule has 2 heterocycles. The van der Waals surface area contributed by atoms with Gasteiger partial charge in [0, 0.05) is 12.3 Å². The molecule has 1 aliphatic heterocycles. The van der Waals surface area contributed by atoms with Crippen LogP contribution in [0.25, 0.3) is 0 Å². The van der Waals surface area contributed by atoms with Crippen molar-refractivity contribution < 1.29 is 29.6 Å². The van der Waals surface area contributed by atoms with Gasteiger partial charge in [-0.05, 0) is 6.42 Å². The molecule has 0 aliphatic carbocycles. The zero-order chi connectivity index (χ0) is 21.0. The summed E-state index contributed by atoms with van der Waals surface area (Å²) in [6.07, 6.45) is -3.56. The van der Waals surface area contributed by atoms with Gasteiger partial charge in [-0.3, -0.25) is 19.1 Å². The van der Waals surface area contributed by atoms with Crippen LogP contribution in [-0.2, 0) is 14.3 Å². The van der Waals surface area contributed by atoms with Crippen LogP contribution < -0.4 is 22.3 Å². The number of H-pyrrole nitrogens is 1. The Labute approximate surface area is 158 Å². The first-order chi connectivity index (χ1) is 13.2. The Balaban J connectivity index is 2.21. The molecule has 7 N–H and O–H groups in total. The molecule has 6 unspecified atom stereocenters. The predicted octanol–water partition coefficient (Wildman–Crippen LogP) is -2.76. The number of hydrogen-bond acceptors (Lipinski definition) is 8. The highest BCUT2D eigenvalue weighted by Crippen LogP contribution is 2.30. The van der Waals surface area contributed by atoms with E-state index >= 15 is 0 Å². The van der Waals surface area contributed by atoms with E-state index in [1.165, 1.54) is 0 Å². The van der Waals surface area contributed by atoms with Gasteiger partial charge in [0.2, 0.25) is 5.91 Å². The minimum absolute atomic E-state index is 0.348. The first-order valence-corrected chi connectivity index (χ1v) is 8.79. The number of aliphatic hydroxyl groups excluding tert-OH is 2. The molecule has 12 nitrogen and oxygen atoms in total. The second kappa shape index (κ2) is 9.10. The van der Waals surface area contributed by atoms with E-state index in [1.807, 2.05) is 11.9 Å². The monoisotopic (exact) mass is 400 g/mol.